The number of methoxy groups -OCH3 is 1. The van der Waals surface area contributed by atoms with Gasteiger partial charge in [-0.3, -0.25) is 9.78 Å². The summed E-state index contributed by atoms with van der Waals surface area (Å²) in [6, 6.07) is 7.24. The standard InChI is InChI=1S/C18H22N2O4/c1-11-7-15(14-4-3-13(24-2)8-16(14)19-11)18(23)20-6-5-12(10-21)17(22)9-20/h3-4,7-8,12,17,21-22H,5-6,9-10H2,1-2H3/t12-,17+/m1/s1. The predicted molar refractivity (Wildman–Crippen MR) is 90.1 cm³/mol. The predicted octanol–water partition coefficient (Wildman–Crippen LogP) is 1.37. The average Bonchev–Trinajstić information content (AvgIpc) is 2.59. The van der Waals surface area contributed by atoms with Gasteiger partial charge in [0, 0.05) is 42.8 Å². The molecular formula is C18H22N2O4. The number of ether oxygens (including phenoxy) is 1. The second kappa shape index (κ2) is 6.75. The number of rotatable bonds is 3. The SMILES string of the molecule is COc1ccc2c(C(=O)N3CC[C@H](CO)[C@@H](O)C3)cc(C)nc2c1. The van der Waals surface area contributed by atoms with Gasteiger partial charge in [0.2, 0.25) is 0 Å². The molecule has 6 heteroatoms. The zero-order valence-electron chi connectivity index (χ0n) is 13.9. The van der Waals surface area contributed by atoms with Crippen LogP contribution in [0.3, 0.4) is 0 Å². The van der Waals surface area contributed by atoms with E-state index in [1.165, 1.54) is 0 Å². The third-order valence-corrected chi connectivity index (χ3v) is 4.62. The van der Waals surface area contributed by atoms with Crippen molar-refractivity contribution in [2.24, 2.45) is 5.92 Å². The number of β-amino-alcohol motifs (C(OH)–C–C–N with tert-alkyl or cyclic N) is 1. The molecule has 0 unspecified atom stereocenters. The summed E-state index contributed by atoms with van der Waals surface area (Å²) in [5.74, 6) is 0.415. The van der Waals surface area contributed by atoms with Gasteiger partial charge in [-0.1, -0.05) is 0 Å². The lowest BCUT2D eigenvalue weighted by Gasteiger charge is -2.35. The second-order valence-electron chi connectivity index (χ2n) is 6.24. The summed E-state index contributed by atoms with van der Waals surface area (Å²) in [6.45, 7) is 2.56. The van der Waals surface area contributed by atoms with E-state index in [2.05, 4.69) is 4.98 Å². The van der Waals surface area contributed by atoms with Crippen molar-refractivity contribution in [2.75, 3.05) is 26.8 Å². The third-order valence-electron chi connectivity index (χ3n) is 4.62. The van der Waals surface area contributed by atoms with Crippen molar-refractivity contribution in [2.45, 2.75) is 19.4 Å². The lowest BCUT2D eigenvalue weighted by molar-refractivity contribution is 0.000947. The number of piperidine rings is 1. The Balaban J connectivity index is 1.95. The smallest absolute Gasteiger partial charge is 0.254 e. The molecule has 1 aliphatic rings. The maximum absolute atomic E-state index is 13.0. The highest BCUT2D eigenvalue weighted by Crippen LogP contribution is 2.26. The molecule has 2 N–H and O–H groups in total. The van der Waals surface area contributed by atoms with Crippen molar-refractivity contribution in [1.29, 1.82) is 0 Å². The number of pyridine rings is 1. The molecule has 2 aromatic rings. The van der Waals surface area contributed by atoms with Crippen LogP contribution in [0.4, 0.5) is 0 Å². The van der Waals surface area contributed by atoms with Gasteiger partial charge in [-0.15, -0.1) is 0 Å². The summed E-state index contributed by atoms with van der Waals surface area (Å²) in [5, 5.41) is 20.1. The number of amides is 1. The van der Waals surface area contributed by atoms with Crippen molar-refractivity contribution < 1.29 is 19.7 Å². The Morgan fingerprint density at radius 1 is 1.42 bits per heavy atom. The van der Waals surface area contributed by atoms with Gasteiger partial charge in [0.25, 0.3) is 5.91 Å². The first-order chi connectivity index (χ1) is 11.5. The number of aliphatic hydroxyl groups is 2. The Labute approximate surface area is 140 Å². The van der Waals surface area contributed by atoms with Crippen LogP contribution in [0, 0.1) is 12.8 Å². The van der Waals surface area contributed by atoms with Crippen LogP contribution in [0.5, 0.6) is 5.75 Å². The topological polar surface area (TPSA) is 82.9 Å². The van der Waals surface area contributed by atoms with E-state index < -0.39 is 6.10 Å². The van der Waals surface area contributed by atoms with Gasteiger partial charge in [0.1, 0.15) is 5.75 Å². The van der Waals surface area contributed by atoms with E-state index in [1.807, 2.05) is 25.1 Å². The minimum atomic E-state index is -0.693. The van der Waals surface area contributed by atoms with Gasteiger partial charge in [-0.05, 0) is 31.5 Å². The molecule has 6 nitrogen and oxygen atoms in total. The number of carbonyl (C=O) groups is 1. The third kappa shape index (κ3) is 3.07. The zero-order chi connectivity index (χ0) is 17.3. The summed E-state index contributed by atoms with van der Waals surface area (Å²) < 4.78 is 5.22. The first-order valence-corrected chi connectivity index (χ1v) is 8.07. The molecule has 0 spiro atoms. The van der Waals surface area contributed by atoms with Crippen LogP contribution >= 0.6 is 0 Å². The lowest BCUT2D eigenvalue weighted by atomic mass is 9.94. The number of hydrogen-bond acceptors (Lipinski definition) is 5. The normalized spacial score (nSPS) is 21.1. The Morgan fingerprint density at radius 2 is 2.21 bits per heavy atom. The number of aryl methyl sites for hydroxylation is 1. The van der Waals surface area contributed by atoms with Gasteiger partial charge in [0.15, 0.2) is 0 Å². The van der Waals surface area contributed by atoms with Gasteiger partial charge >= 0.3 is 0 Å². The molecule has 2 heterocycles. The fourth-order valence-electron chi connectivity index (χ4n) is 3.19. The maximum atomic E-state index is 13.0. The van der Waals surface area contributed by atoms with Crippen molar-refractivity contribution >= 4 is 16.8 Å². The van der Waals surface area contributed by atoms with Crippen LogP contribution in [0.15, 0.2) is 24.3 Å². The minimum Gasteiger partial charge on any atom is -0.497 e. The number of fused-ring (bicyclic) bond motifs is 1. The van der Waals surface area contributed by atoms with E-state index in [4.69, 9.17) is 4.74 Å². The number of carbonyl (C=O) groups excluding carboxylic acids is 1. The highest BCUT2D eigenvalue weighted by molar-refractivity contribution is 6.06. The quantitative estimate of drug-likeness (QED) is 0.888. The van der Waals surface area contributed by atoms with E-state index in [0.717, 1.165) is 11.1 Å². The molecule has 1 saturated heterocycles. The Hall–Kier alpha value is -2.18. The first kappa shape index (κ1) is 16.7. The van der Waals surface area contributed by atoms with Gasteiger partial charge in [0.05, 0.1) is 24.3 Å². The van der Waals surface area contributed by atoms with E-state index >= 15 is 0 Å². The van der Waals surface area contributed by atoms with Crippen molar-refractivity contribution in [3.05, 3.63) is 35.5 Å². The van der Waals surface area contributed by atoms with E-state index in [9.17, 15) is 15.0 Å². The first-order valence-electron chi connectivity index (χ1n) is 8.07. The van der Waals surface area contributed by atoms with Crippen LogP contribution in [-0.2, 0) is 0 Å². The summed E-state index contributed by atoms with van der Waals surface area (Å²) in [4.78, 5) is 19.1. The van der Waals surface area contributed by atoms with E-state index in [-0.39, 0.29) is 25.0 Å². The highest BCUT2D eigenvalue weighted by atomic mass is 16.5. The van der Waals surface area contributed by atoms with Crippen molar-refractivity contribution in [1.82, 2.24) is 9.88 Å². The minimum absolute atomic E-state index is 0.0553. The van der Waals surface area contributed by atoms with Crippen molar-refractivity contribution in [3.63, 3.8) is 0 Å². The molecule has 128 valence electrons. The molecule has 0 saturated carbocycles. The zero-order valence-corrected chi connectivity index (χ0v) is 13.9. The molecule has 1 aromatic heterocycles. The number of benzene rings is 1. The Morgan fingerprint density at radius 3 is 2.88 bits per heavy atom. The number of hydrogen-bond donors (Lipinski definition) is 2. The molecule has 1 aromatic carbocycles. The van der Waals surface area contributed by atoms with Crippen LogP contribution in [0.25, 0.3) is 10.9 Å². The summed E-state index contributed by atoms with van der Waals surface area (Å²) in [6.07, 6.45) is -0.0961. The number of aromatic nitrogens is 1. The van der Waals surface area contributed by atoms with Crippen LogP contribution < -0.4 is 4.74 Å². The molecule has 0 radical (unpaired) electrons. The molecule has 1 fully saturated rings. The van der Waals surface area contributed by atoms with Crippen molar-refractivity contribution in [3.8, 4) is 5.75 Å². The summed E-state index contributed by atoms with van der Waals surface area (Å²) in [7, 11) is 1.59. The Kier molecular flexibility index (Phi) is 4.69. The second-order valence-corrected chi connectivity index (χ2v) is 6.24. The average molecular weight is 330 g/mol. The summed E-state index contributed by atoms with van der Waals surface area (Å²) >= 11 is 0. The van der Waals surface area contributed by atoms with Gasteiger partial charge in [-0.2, -0.15) is 0 Å². The van der Waals surface area contributed by atoms with E-state index in [0.29, 0.717) is 29.8 Å². The number of nitrogens with zero attached hydrogens (tertiary/aromatic N) is 2. The molecular weight excluding hydrogens is 308 g/mol. The van der Waals surface area contributed by atoms with Crippen LogP contribution in [-0.4, -0.2) is 58.9 Å². The van der Waals surface area contributed by atoms with E-state index in [1.54, 1.807) is 18.1 Å². The van der Waals surface area contributed by atoms with Gasteiger partial charge in [-0.25, -0.2) is 0 Å². The molecule has 0 bridgehead atoms. The number of likely N-dealkylation sites (tertiary alicyclic amines) is 1. The monoisotopic (exact) mass is 330 g/mol. The van der Waals surface area contributed by atoms with Crippen LogP contribution in [0.1, 0.15) is 22.5 Å². The molecule has 3 rings (SSSR count). The Bertz CT molecular complexity index is 762. The molecule has 24 heavy (non-hydrogen) atoms. The molecule has 1 amide bonds. The maximum Gasteiger partial charge on any atom is 0.254 e. The largest absolute Gasteiger partial charge is 0.497 e. The van der Waals surface area contributed by atoms with Crippen LogP contribution in [0.2, 0.25) is 0 Å². The summed E-state index contributed by atoms with van der Waals surface area (Å²) in [5.41, 5.74) is 2.04. The molecule has 0 aliphatic carbocycles. The van der Waals surface area contributed by atoms with Gasteiger partial charge < -0.3 is 19.8 Å². The highest BCUT2D eigenvalue weighted by Gasteiger charge is 2.30. The molecule has 2 atom stereocenters. The molecule has 1 aliphatic heterocycles. The fraction of sp³-hybridized carbons (Fsp3) is 0.444. The number of aliphatic hydroxyl groups excluding tert-OH is 2. The fourth-order valence-corrected chi connectivity index (χ4v) is 3.19. The lowest BCUT2D eigenvalue weighted by Crippen LogP contribution is -2.47.